The van der Waals surface area contributed by atoms with Crippen molar-refractivity contribution in [2.45, 2.75) is 26.3 Å². The van der Waals surface area contributed by atoms with Crippen LogP contribution in [-0.4, -0.2) is 50.4 Å². The minimum absolute atomic E-state index is 0.0405. The molecule has 0 bridgehead atoms. The van der Waals surface area contributed by atoms with E-state index in [1.807, 2.05) is 13.8 Å². The van der Waals surface area contributed by atoms with Crippen molar-refractivity contribution >= 4 is 15.7 Å². The van der Waals surface area contributed by atoms with Gasteiger partial charge in [0.25, 0.3) is 0 Å². The zero-order valence-electron chi connectivity index (χ0n) is 9.56. The standard InChI is InChI=1S/C9H20N2O3S/c1-4-11(5-2)9(12)8(10)6-7-15(3,13)14/h8H,4-7,10H2,1-3H3. The van der Waals surface area contributed by atoms with Gasteiger partial charge in [0.15, 0.2) is 0 Å². The second-order valence-corrected chi connectivity index (χ2v) is 5.80. The first-order chi connectivity index (χ1) is 6.81. The summed E-state index contributed by atoms with van der Waals surface area (Å²) in [6, 6.07) is -0.709. The number of carbonyl (C=O) groups excluding carboxylic acids is 1. The minimum Gasteiger partial charge on any atom is -0.342 e. The Morgan fingerprint density at radius 2 is 1.80 bits per heavy atom. The summed E-state index contributed by atoms with van der Waals surface area (Å²) in [4.78, 5) is 13.2. The van der Waals surface area contributed by atoms with Crippen molar-refractivity contribution in [3.05, 3.63) is 0 Å². The first-order valence-corrected chi connectivity index (χ1v) is 7.10. The minimum atomic E-state index is -3.04. The van der Waals surface area contributed by atoms with Crippen LogP contribution in [0.4, 0.5) is 0 Å². The third-order valence-corrected chi connectivity index (χ3v) is 3.17. The number of rotatable bonds is 6. The third kappa shape index (κ3) is 5.74. The molecule has 0 aliphatic carbocycles. The number of likely N-dealkylation sites (N-methyl/N-ethyl adjacent to an activating group) is 1. The molecule has 0 saturated carbocycles. The number of hydrogen-bond acceptors (Lipinski definition) is 4. The van der Waals surface area contributed by atoms with Crippen molar-refractivity contribution in [3.63, 3.8) is 0 Å². The highest BCUT2D eigenvalue weighted by atomic mass is 32.2. The molecule has 1 unspecified atom stereocenters. The normalized spacial score (nSPS) is 13.6. The molecule has 0 aromatic rings. The molecule has 5 nitrogen and oxygen atoms in total. The highest BCUT2D eigenvalue weighted by molar-refractivity contribution is 7.90. The fraction of sp³-hybridized carbons (Fsp3) is 0.889. The van der Waals surface area contributed by atoms with E-state index < -0.39 is 15.9 Å². The van der Waals surface area contributed by atoms with Gasteiger partial charge in [0.2, 0.25) is 5.91 Å². The zero-order valence-corrected chi connectivity index (χ0v) is 10.4. The first kappa shape index (κ1) is 14.4. The van der Waals surface area contributed by atoms with Crippen LogP contribution in [0.2, 0.25) is 0 Å². The first-order valence-electron chi connectivity index (χ1n) is 5.03. The number of carbonyl (C=O) groups is 1. The molecule has 0 aliphatic heterocycles. The number of hydrogen-bond donors (Lipinski definition) is 1. The maximum Gasteiger partial charge on any atom is 0.239 e. The smallest absolute Gasteiger partial charge is 0.239 e. The number of amides is 1. The van der Waals surface area contributed by atoms with Crippen LogP contribution >= 0.6 is 0 Å². The van der Waals surface area contributed by atoms with Crippen molar-refractivity contribution in [1.29, 1.82) is 0 Å². The molecular weight excluding hydrogens is 216 g/mol. The summed E-state index contributed by atoms with van der Waals surface area (Å²) in [7, 11) is -3.04. The van der Waals surface area contributed by atoms with E-state index in [1.165, 1.54) is 0 Å². The SMILES string of the molecule is CCN(CC)C(=O)C(N)CCS(C)(=O)=O. The molecule has 0 saturated heterocycles. The van der Waals surface area contributed by atoms with E-state index in [0.717, 1.165) is 6.26 Å². The van der Waals surface area contributed by atoms with Crippen LogP contribution in [-0.2, 0) is 14.6 Å². The lowest BCUT2D eigenvalue weighted by Crippen LogP contribution is -2.44. The zero-order chi connectivity index (χ0) is 12.1. The average molecular weight is 236 g/mol. The average Bonchev–Trinajstić information content (AvgIpc) is 2.14. The van der Waals surface area contributed by atoms with Gasteiger partial charge in [-0.05, 0) is 20.3 Å². The molecule has 0 aromatic heterocycles. The summed E-state index contributed by atoms with van der Waals surface area (Å²) in [6.07, 6.45) is 1.33. The Hall–Kier alpha value is -0.620. The second kappa shape index (κ2) is 6.07. The third-order valence-electron chi connectivity index (χ3n) is 2.19. The van der Waals surface area contributed by atoms with E-state index in [1.54, 1.807) is 4.90 Å². The Kier molecular flexibility index (Phi) is 5.82. The molecule has 0 aromatic carbocycles. The van der Waals surface area contributed by atoms with Crippen molar-refractivity contribution in [1.82, 2.24) is 4.90 Å². The van der Waals surface area contributed by atoms with Crippen LogP contribution in [0.25, 0.3) is 0 Å². The maximum absolute atomic E-state index is 11.6. The molecule has 1 atom stereocenters. The van der Waals surface area contributed by atoms with Crippen molar-refractivity contribution in [2.75, 3.05) is 25.1 Å². The van der Waals surface area contributed by atoms with Crippen LogP contribution in [0, 0.1) is 0 Å². The van der Waals surface area contributed by atoms with E-state index in [0.29, 0.717) is 13.1 Å². The van der Waals surface area contributed by atoms with Crippen LogP contribution in [0.15, 0.2) is 0 Å². The molecule has 0 rings (SSSR count). The van der Waals surface area contributed by atoms with E-state index in [4.69, 9.17) is 5.73 Å². The van der Waals surface area contributed by atoms with Gasteiger partial charge in [-0.3, -0.25) is 4.79 Å². The molecule has 0 spiro atoms. The quantitative estimate of drug-likeness (QED) is 0.681. The van der Waals surface area contributed by atoms with Crippen LogP contribution in [0.5, 0.6) is 0 Å². The van der Waals surface area contributed by atoms with Gasteiger partial charge < -0.3 is 10.6 Å². The van der Waals surface area contributed by atoms with E-state index in [2.05, 4.69) is 0 Å². The highest BCUT2D eigenvalue weighted by Crippen LogP contribution is 1.99. The monoisotopic (exact) mass is 236 g/mol. The van der Waals surface area contributed by atoms with E-state index in [-0.39, 0.29) is 18.1 Å². The molecule has 6 heteroatoms. The Morgan fingerprint density at radius 3 is 2.13 bits per heavy atom. The summed E-state index contributed by atoms with van der Waals surface area (Å²) in [6.45, 7) is 4.93. The predicted molar refractivity (Wildman–Crippen MR) is 60.2 cm³/mol. The highest BCUT2D eigenvalue weighted by Gasteiger charge is 2.19. The lowest BCUT2D eigenvalue weighted by Gasteiger charge is -2.22. The lowest BCUT2D eigenvalue weighted by atomic mass is 10.2. The van der Waals surface area contributed by atoms with Crippen molar-refractivity contribution in [3.8, 4) is 0 Å². The molecular formula is C9H20N2O3S. The largest absolute Gasteiger partial charge is 0.342 e. The Morgan fingerprint density at radius 1 is 1.33 bits per heavy atom. The fourth-order valence-electron chi connectivity index (χ4n) is 1.23. The Labute approximate surface area is 91.5 Å². The molecule has 0 fully saturated rings. The number of sulfone groups is 1. The lowest BCUT2D eigenvalue weighted by molar-refractivity contribution is -0.132. The molecule has 0 aliphatic rings. The van der Waals surface area contributed by atoms with Gasteiger partial charge in [-0.15, -0.1) is 0 Å². The van der Waals surface area contributed by atoms with Gasteiger partial charge in [0.1, 0.15) is 9.84 Å². The topological polar surface area (TPSA) is 80.5 Å². The van der Waals surface area contributed by atoms with Crippen molar-refractivity contribution < 1.29 is 13.2 Å². The second-order valence-electron chi connectivity index (χ2n) is 3.54. The predicted octanol–water partition coefficient (Wildman–Crippen LogP) is -0.383. The van der Waals surface area contributed by atoms with Gasteiger partial charge in [0.05, 0.1) is 11.8 Å². The molecule has 0 radical (unpaired) electrons. The molecule has 90 valence electrons. The summed E-state index contributed by atoms with van der Waals surface area (Å²) in [5.41, 5.74) is 5.62. The Bertz CT molecular complexity index is 296. The number of nitrogens with two attached hydrogens (primary N) is 1. The number of nitrogens with zero attached hydrogens (tertiary/aromatic N) is 1. The summed E-state index contributed by atoms with van der Waals surface area (Å²) >= 11 is 0. The van der Waals surface area contributed by atoms with Crippen LogP contribution in [0.1, 0.15) is 20.3 Å². The van der Waals surface area contributed by atoms with Crippen LogP contribution < -0.4 is 5.73 Å². The fourth-order valence-corrected chi connectivity index (χ4v) is 1.92. The van der Waals surface area contributed by atoms with Crippen LogP contribution in [0.3, 0.4) is 0 Å². The maximum atomic E-state index is 11.6. The molecule has 2 N–H and O–H groups in total. The van der Waals surface area contributed by atoms with Crippen molar-refractivity contribution in [2.24, 2.45) is 5.73 Å². The van der Waals surface area contributed by atoms with Gasteiger partial charge in [-0.25, -0.2) is 8.42 Å². The van der Waals surface area contributed by atoms with Gasteiger partial charge >= 0.3 is 0 Å². The molecule has 15 heavy (non-hydrogen) atoms. The summed E-state index contributed by atoms with van der Waals surface area (Å²) < 4.78 is 21.8. The summed E-state index contributed by atoms with van der Waals surface area (Å²) in [5, 5.41) is 0. The van der Waals surface area contributed by atoms with Gasteiger partial charge in [-0.1, -0.05) is 0 Å². The van der Waals surface area contributed by atoms with E-state index in [9.17, 15) is 13.2 Å². The van der Waals surface area contributed by atoms with Gasteiger partial charge in [-0.2, -0.15) is 0 Å². The summed E-state index contributed by atoms with van der Waals surface area (Å²) in [5.74, 6) is -0.218. The molecule has 1 amide bonds. The Balaban J connectivity index is 4.21. The van der Waals surface area contributed by atoms with Gasteiger partial charge in [0, 0.05) is 19.3 Å². The van der Waals surface area contributed by atoms with E-state index >= 15 is 0 Å². The molecule has 0 heterocycles.